The maximum atomic E-state index is 12.8. The second kappa shape index (κ2) is 7.50. The van der Waals surface area contributed by atoms with Crippen LogP contribution >= 0.6 is 23.4 Å². The number of β-lactam (4-membered cyclic amide) rings is 1. The van der Waals surface area contributed by atoms with Crippen molar-refractivity contribution in [2.75, 3.05) is 13.1 Å². The molecule has 0 aromatic heterocycles. The Bertz CT molecular complexity index is 1040. The number of Topliss-reactive ketones (excluding diaryl/α,β-unsaturated/α-hetero) is 1. The molecular weight excluding hydrogens is 456 g/mol. The van der Waals surface area contributed by atoms with E-state index < -0.39 is 51.6 Å². The first-order valence-corrected chi connectivity index (χ1v) is 10.3. The first-order valence-electron chi connectivity index (χ1n) is 8.95. The molecule has 4 amide bonds. The summed E-state index contributed by atoms with van der Waals surface area (Å²) in [4.78, 5) is 63.6. The number of nitrogens with zero attached hydrogens (tertiary/aromatic N) is 3. The molecule has 4 rings (SSSR count). The van der Waals surface area contributed by atoms with Crippen LogP contribution in [0.4, 0.5) is 4.79 Å². The fraction of sp³-hybridized carbons (Fsp3) is 0.353. The summed E-state index contributed by atoms with van der Waals surface area (Å²) < 4.78 is 0. The number of rotatable bonds is 5. The summed E-state index contributed by atoms with van der Waals surface area (Å²) in [6.07, 6.45) is -0.801. The highest BCUT2D eigenvalue weighted by Gasteiger charge is 2.58. The molecule has 0 radical (unpaired) electrons. The van der Waals surface area contributed by atoms with E-state index >= 15 is 0 Å². The van der Waals surface area contributed by atoms with Crippen molar-refractivity contribution in [2.45, 2.75) is 23.2 Å². The van der Waals surface area contributed by atoms with Crippen LogP contribution in [0.15, 0.2) is 12.1 Å². The van der Waals surface area contributed by atoms with Crippen molar-refractivity contribution >= 4 is 53.0 Å². The number of hydrogen-bond donors (Lipinski definition) is 4. The first kappa shape index (κ1) is 21.1. The number of hydrogen-bond acceptors (Lipinski definition) is 8. The number of thioether (sulfide) groups is 1. The number of phenolic OH excluding ortho intramolecular Hbond substituents is 2. The number of nitrogens with one attached hydrogen (secondary N) is 1. The van der Waals surface area contributed by atoms with Crippen molar-refractivity contribution in [3.05, 3.63) is 22.7 Å². The maximum Gasteiger partial charge on any atom is 0.340 e. The van der Waals surface area contributed by atoms with Crippen LogP contribution in [0, 0.1) is 0 Å². The molecule has 164 valence electrons. The monoisotopic (exact) mass is 470 g/mol. The Morgan fingerprint density at radius 1 is 1.16 bits per heavy atom. The van der Waals surface area contributed by atoms with E-state index in [-0.39, 0.29) is 36.4 Å². The van der Waals surface area contributed by atoms with Crippen LogP contribution in [0.2, 0.25) is 5.02 Å². The standard InChI is InChI=1S/C17H15ClN4O8S/c18-10-6(1-2-7(23)12(10)26)11(25)14(27)19-21-4-3-20(17(21)30)15-13(16(28)29)31-9-5-8(24)22(9)15/h1-2,9,13,15,23,26H,3-5H2,(H,19,27)(H,28,29). The smallest absolute Gasteiger partial charge is 0.340 e. The lowest BCUT2D eigenvalue weighted by molar-refractivity contribution is -0.150. The predicted octanol–water partition coefficient (Wildman–Crippen LogP) is -0.213. The van der Waals surface area contributed by atoms with Crippen molar-refractivity contribution in [1.82, 2.24) is 20.2 Å². The molecule has 14 heteroatoms. The van der Waals surface area contributed by atoms with E-state index in [4.69, 9.17) is 11.6 Å². The van der Waals surface area contributed by atoms with Gasteiger partial charge in [0.1, 0.15) is 11.4 Å². The fourth-order valence-electron chi connectivity index (χ4n) is 3.65. The number of amides is 4. The minimum Gasteiger partial charge on any atom is -0.504 e. The molecule has 3 unspecified atom stereocenters. The largest absolute Gasteiger partial charge is 0.504 e. The SMILES string of the molecule is O=C(NN1CCN(C2C(C(=O)O)SC3CC(=O)N32)C1=O)C(=O)c1ccc(O)c(O)c1Cl. The molecule has 1 aromatic carbocycles. The number of aromatic hydroxyl groups is 2. The van der Waals surface area contributed by atoms with Gasteiger partial charge in [0.2, 0.25) is 5.91 Å². The summed E-state index contributed by atoms with van der Waals surface area (Å²) in [5, 5.41) is 27.5. The normalized spacial score (nSPS) is 24.8. The molecule has 0 spiro atoms. The molecule has 3 fully saturated rings. The third-order valence-electron chi connectivity index (χ3n) is 5.19. The zero-order valence-electron chi connectivity index (χ0n) is 15.5. The number of ketones is 1. The number of carbonyl (C=O) groups is 5. The van der Waals surface area contributed by atoms with Crippen molar-refractivity contribution < 1.29 is 39.3 Å². The fourth-order valence-corrected chi connectivity index (χ4v) is 5.38. The van der Waals surface area contributed by atoms with Gasteiger partial charge in [0.25, 0.3) is 5.78 Å². The van der Waals surface area contributed by atoms with Crippen molar-refractivity contribution in [3.8, 4) is 11.5 Å². The molecule has 12 nitrogen and oxygen atoms in total. The number of phenols is 2. The van der Waals surface area contributed by atoms with Crippen LogP contribution in [0.1, 0.15) is 16.8 Å². The molecular formula is C17H15ClN4O8S. The molecule has 4 N–H and O–H groups in total. The zero-order valence-corrected chi connectivity index (χ0v) is 17.1. The van der Waals surface area contributed by atoms with Crippen LogP contribution < -0.4 is 5.43 Å². The quantitative estimate of drug-likeness (QED) is 0.197. The van der Waals surface area contributed by atoms with Crippen molar-refractivity contribution in [1.29, 1.82) is 0 Å². The van der Waals surface area contributed by atoms with Gasteiger partial charge in [-0.1, -0.05) is 11.6 Å². The Labute approximate surface area is 183 Å². The number of halogens is 1. The molecule has 1 aromatic rings. The summed E-state index contributed by atoms with van der Waals surface area (Å²) in [6, 6.07) is 1.26. The van der Waals surface area contributed by atoms with Gasteiger partial charge in [-0.2, -0.15) is 0 Å². The Hall–Kier alpha value is -3.19. The minimum atomic E-state index is -1.23. The highest BCUT2D eigenvalue weighted by Crippen LogP contribution is 2.46. The number of fused-ring (bicyclic) bond motifs is 1. The second-order valence-electron chi connectivity index (χ2n) is 6.96. The van der Waals surface area contributed by atoms with E-state index in [0.717, 1.165) is 28.9 Å². The predicted molar refractivity (Wildman–Crippen MR) is 104 cm³/mol. The number of hydrazine groups is 1. The minimum absolute atomic E-state index is 0.0273. The topological polar surface area (TPSA) is 168 Å². The number of carboxylic acid groups (broad SMARTS) is 1. The lowest BCUT2D eigenvalue weighted by Crippen LogP contribution is -2.61. The van der Waals surface area contributed by atoms with Gasteiger partial charge >= 0.3 is 17.9 Å². The molecule has 3 heterocycles. The Morgan fingerprint density at radius 3 is 2.52 bits per heavy atom. The molecule has 31 heavy (non-hydrogen) atoms. The molecule has 0 aliphatic carbocycles. The van der Waals surface area contributed by atoms with Gasteiger partial charge in [-0.05, 0) is 12.1 Å². The van der Waals surface area contributed by atoms with Crippen molar-refractivity contribution in [3.63, 3.8) is 0 Å². The third-order valence-corrected chi connectivity index (χ3v) is 7.02. The van der Waals surface area contributed by atoms with E-state index in [1.807, 2.05) is 0 Å². The number of carboxylic acids is 1. The van der Waals surface area contributed by atoms with Gasteiger partial charge in [0.05, 0.1) is 28.9 Å². The van der Waals surface area contributed by atoms with Crippen molar-refractivity contribution in [2.24, 2.45) is 0 Å². The van der Waals surface area contributed by atoms with Crippen LogP contribution in [0.5, 0.6) is 11.5 Å². The number of aliphatic carboxylic acids is 1. The van der Waals surface area contributed by atoms with Gasteiger partial charge in [-0.15, -0.1) is 11.8 Å². The summed E-state index contributed by atoms with van der Waals surface area (Å²) in [5.41, 5.74) is 1.75. The second-order valence-corrected chi connectivity index (χ2v) is 8.66. The van der Waals surface area contributed by atoms with Gasteiger partial charge < -0.3 is 20.2 Å². The van der Waals surface area contributed by atoms with E-state index in [0.29, 0.717) is 0 Å². The van der Waals surface area contributed by atoms with Crippen LogP contribution in [0.25, 0.3) is 0 Å². The molecule has 0 saturated carbocycles. The number of benzene rings is 1. The average Bonchev–Trinajstić information content (AvgIpc) is 3.22. The zero-order chi connectivity index (χ0) is 22.6. The van der Waals surface area contributed by atoms with Gasteiger partial charge in [0, 0.05) is 6.54 Å². The molecule has 3 aliphatic rings. The van der Waals surface area contributed by atoms with Gasteiger partial charge in [0.15, 0.2) is 11.5 Å². The molecule has 3 aliphatic heterocycles. The summed E-state index contributed by atoms with van der Waals surface area (Å²) in [6.45, 7) is -0.0216. The van der Waals surface area contributed by atoms with Gasteiger partial charge in [-0.25, -0.2) is 9.80 Å². The average molecular weight is 471 g/mol. The highest BCUT2D eigenvalue weighted by atomic mass is 35.5. The first-order chi connectivity index (χ1) is 14.6. The maximum absolute atomic E-state index is 12.8. The van der Waals surface area contributed by atoms with E-state index in [1.165, 1.54) is 9.80 Å². The Morgan fingerprint density at radius 2 is 1.87 bits per heavy atom. The van der Waals surface area contributed by atoms with E-state index in [9.17, 15) is 39.3 Å². The lowest BCUT2D eigenvalue weighted by atomic mass is 10.1. The Balaban J connectivity index is 1.48. The molecule has 3 atom stereocenters. The number of urea groups is 1. The number of carbonyl (C=O) groups excluding carboxylic acids is 4. The van der Waals surface area contributed by atoms with Crippen LogP contribution in [-0.2, 0) is 14.4 Å². The summed E-state index contributed by atoms with van der Waals surface area (Å²) >= 11 is 6.88. The van der Waals surface area contributed by atoms with Gasteiger partial charge in [-0.3, -0.25) is 29.5 Å². The third kappa shape index (κ3) is 3.29. The highest BCUT2D eigenvalue weighted by molar-refractivity contribution is 8.01. The van der Waals surface area contributed by atoms with E-state index in [2.05, 4.69) is 5.43 Å². The Kier molecular flexibility index (Phi) is 5.09. The molecule has 0 bridgehead atoms. The summed E-state index contributed by atoms with van der Waals surface area (Å²) in [5.74, 6) is -5.16. The molecule has 3 saturated heterocycles. The summed E-state index contributed by atoms with van der Waals surface area (Å²) in [7, 11) is 0. The lowest BCUT2D eigenvalue weighted by Gasteiger charge is -2.40. The van der Waals surface area contributed by atoms with Crippen LogP contribution in [-0.4, -0.2) is 89.6 Å². The van der Waals surface area contributed by atoms with E-state index in [1.54, 1.807) is 0 Å². The van der Waals surface area contributed by atoms with Crippen LogP contribution in [0.3, 0.4) is 0 Å².